The number of aromatic nitrogens is 2. The van der Waals surface area contributed by atoms with Gasteiger partial charge in [-0.1, -0.05) is 6.42 Å². The fourth-order valence-corrected chi connectivity index (χ4v) is 3.00. The molecule has 2 aromatic rings. The number of carbonyl (C=O) groups excluding carboxylic acids is 1. The molecule has 3 rings (SSSR count). The Bertz CT molecular complexity index is 785. The molecule has 0 spiro atoms. The second-order valence-corrected chi connectivity index (χ2v) is 6.06. The van der Waals surface area contributed by atoms with E-state index >= 15 is 0 Å². The van der Waals surface area contributed by atoms with Gasteiger partial charge in [-0.05, 0) is 50.8 Å². The SMILES string of the molecule is CCOC(=O)c1cnn(-c2ccc(OC3CCCCC3)c(C#N)c2)c1. The summed E-state index contributed by atoms with van der Waals surface area (Å²) in [5.41, 5.74) is 1.54. The van der Waals surface area contributed by atoms with Crippen LogP contribution in [-0.4, -0.2) is 28.5 Å². The maximum Gasteiger partial charge on any atom is 0.341 e. The first-order valence-corrected chi connectivity index (χ1v) is 8.64. The number of nitriles is 1. The van der Waals surface area contributed by atoms with E-state index in [0.29, 0.717) is 29.2 Å². The monoisotopic (exact) mass is 339 g/mol. The highest BCUT2D eigenvalue weighted by atomic mass is 16.5. The second-order valence-electron chi connectivity index (χ2n) is 6.06. The molecule has 1 aromatic heterocycles. The fourth-order valence-electron chi connectivity index (χ4n) is 3.00. The molecule has 0 amide bonds. The summed E-state index contributed by atoms with van der Waals surface area (Å²) in [6.07, 6.45) is 8.91. The van der Waals surface area contributed by atoms with E-state index in [2.05, 4.69) is 11.2 Å². The smallest absolute Gasteiger partial charge is 0.341 e. The molecule has 0 radical (unpaired) electrons. The molecule has 1 aliphatic carbocycles. The first-order chi connectivity index (χ1) is 12.2. The minimum atomic E-state index is -0.411. The van der Waals surface area contributed by atoms with Gasteiger partial charge in [0.2, 0.25) is 0 Å². The summed E-state index contributed by atoms with van der Waals surface area (Å²) < 4.78 is 12.5. The Labute approximate surface area is 147 Å². The van der Waals surface area contributed by atoms with Gasteiger partial charge in [0.25, 0.3) is 0 Å². The summed E-state index contributed by atoms with van der Waals surface area (Å²) in [5, 5.41) is 13.6. The third-order valence-corrected chi connectivity index (χ3v) is 4.29. The van der Waals surface area contributed by atoms with E-state index in [1.54, 1.807) is 29.9 Å². The predicted molar refractivity (Wildman–Crippen MR) is 91.7 cm³/mol. The van der Waals surface area contributed by atoms with Crippen molar-refractivity contribution in [3.8, 4) is 17.5 Å². The predicted octanol–water partition coefficient (Wildman–Crippen LogP) is 3.63. The summed E-state index contributed by atoms with van der Waals surface area (Å²) in [6, 6.07) is 7.54. The van der Waals surface area contributed by atoms with E-state index in [1.807, 2.05) is 6.07 Å². The normalized spacial score (nSPS) is 14.7. The van der Waals surface area contributed by atoms with Crippen molar-refractivity contribution < 1.29 is 14.3 Å². The molecule has 6 heteroatoms. The van der Waals surface area contributed by atoms with Crippen molar-refractivity contribution in [1.82, 2.24) is 9.78 Å². The largest absolute Gasteiger partial charge is 0.489 e. The van der Waals surface area contributed by atoms with Gasteiger partial charge in [0.15, 0.2) is 0 Å². The lowest BCUT2D eigenvalue weighted by Gasteiger charge is -2.23. The lowest BCUT2D eigenvalue weighted by Crippen LogP contribution is -2.20. The summed E-state index contributed by atoms with van der Waals surface area (Å²) in [5.74, 6) is 0.197. The molecule has 130 valence electrons. The Morgan fingerprint density at radius 1 is 1.36 bits per heavy atom. The van der Waals surface area contributed by atoms with Crippen molar-refractivity contribution in [2.24, 2.45) is 0 Å². The van der Waals surface area contributed by atoms with E-state index in [4.69, 9.17) is 9.47 Å². The van der Waals surface area contributed by atoms with Gasteiger partial charge in [-0.25, -0.2) is 9.48 Å². The first kappa shape index (κ1) is 17.0. The molecule has 0 N–H and O–H groups in total. The summed E-state index contributed by atoms with van der Waals surface area (Å²) >= 11 is 0. The molecule has 0 atom stereocenters. The quantitative estimate of drug-likeness (QED) is 0.777. The standard InChI is InChI=1S/C19H21N3O3/c1-2-24-19(23)15-12-21-22(13-15)16-8-9-18(14(10-16)11-20)25-17-6-4-3-5-7-17/h8-10,12-13,17H,2-7H2,1H3. The molecular weight excluding hydrogens is 318 g/mol. The Morgan fingerprint density at radius 2 is 2.16 bits per heavy atom. The topological polar surface area (TPSA) is 77.1 Å². The van der Waals surface area contributed by atoms with Crippen LogP contribution < -0.4 is 4.74 Å². The molecular formula is C19H21N3O3. The van der Waals surface area contributed by atoms with Crippen molar-refractivity contribution >= 4 is 5.97 Å². The number of nitrogens with zero attached hydrogens (tertiary/aromatic N) is 3. The van der Waals surface area contributed by atoms with Crippen LogP contribution in [0.2, 0.25) is 0 Å². The van der Waals surface area contributed by atoms with Crippen LogP contribution in [0, 0.1) is 11.3 Å². The minimum absolute atomic E-state index is 0.187. The molecule has 0 saturated heterocycles. The third-order valence-electron chi connectivity index (χ3n) is 4.29. The van der Waals surface area contributed by atoms with Crippen LogP contribution in [0.4, 0.5) is 0 Å². The summed E-state index contributed by atoms with van der Waals surface area (Å²) in [4.78, 5) is 11.7. The number of hydrogen-bond acceptors (Lipinski definition) is 5. The van der Waals surface area contributed by atoms with Gasteiger partial charge in [0.1, 0.15) is 11.8 Å². The van der Waals surface area contributed by atoms with Gasteiger partial charge in [0, 0.05) is 6.20 Å². The fraction of sp³-hybridized carbons (Fsp3) is 0.421. The highest BCUT2D eigenvalue weighted by Crippen LogP contribution is 2.27. The Kier molecular flexibility index (Phi) is 5.34. The third kappa shape index (κ3) is 4.00. The Balaban J connectivity index is 1.79. The van der Waals surface area contributed by atoms with E-state index in [9.17, 15) is 10.1 Å². The Morgan fingerprint density at radius 3 is 2.88 bits per heavy atom. The molecule has 25 heavy (non-hydrogen) atoms. The van der Waals surface area contributed by atoms with Crippen molar-refractivity contribution in [3.05, 3.63) is 41.7 Å². The van der Waals surface area contributed by atoms with E-state index < -0.39 is 5.97 Å². The van der Waals surface area contributed by atoms with Gasteiger partial charge >= 0.3 is 5.97 Å². The number of hydrogen-bond donors (Lipinski definition) is 0. The number of benzene rings is 1. The average molecular weight is 339 g/mol. The zero-order valence-corrected chi connectivity index (χ0v) is 14.3. The zero-order valence-electron chi connectivity index (χ0n) is 14.3. The van der Waals surface area contributed by atoms with Crippen molar-refractivity contribution in [2.75, 3.05) is 6.61 Å². The minimum Gasteiger partial charge on any atom is -0.489 e. The molecule has 1 aliphatic rings. The highest BCUT2D eigenvalue weighted by Gasteiger charge is 2.17. The maximum absolute atomic E-state index is 11.7. The number of esters is 1. The van der Waals surface area contributed by atoms with Crippen LogP contribution in [0.3, 0.4) is 0 Å². The van der Waals surface area contributed by atoms with Crippen LogP contribution in [0.5, 0.6) is 5.75 Å². The lowest BCUT2D eigenvalue weighted by atomic mass is 9.97. The van der Waals surface area contributed by atoms with Gasteiger partial charge < -0.3 is 9.47 Å². The van der Waals surface area contributed by atoms with Crippen LogP contribution in [0.1, 0.15) is 54.9 Å². The number of ether oxygens (including phenoxy) is 2. The number of rotatable bonds is 5. The Hall–Kier alpha value is -2.81. The van der Waals surface area contributed by atoms with E-state index in [1.165, 1.54) is 25.5 Å². The molecule has 1 saturated carbocycles. The summed E-state index contributed by atoms with van der Waals surface area (Å²) in [6.45, 7) is 2.07. The lowest BCUT2D eigenvalue weighted by molar-refractivity contribution is 0.0526. The molecule has 1 heterocycles. The van der Waals surface area contributed by atoms with Gasteiger partial charge in [-0.2, -0.15) is 10.4 Å². The molecule has 1 fully saturated rings. The average Bonchev–Trinajstić information content (AvgIpc) is 3.13. The van der Waals surface area contributed by atoms with Crippen LogP contribution in [0.15, 0.2) is 30.6 Å². The molecule has 0 aliphatic heterocycles. The van der Waals surface area contributed by atoms with E-state index in [0.717, 1.165) is 12.8 Å². The first-order valence-electron chi connectivity index (χ1n) is 8.64. The molecule has 1 aromatic carbocycles. The van der Waals surface area contributed by atoms with Crippen LogP contribution >= 0.6 is 0 Å². The van der Waals surface area contributed by atoms with Crippen LogP contribution in [-0.2, 0) is 4.74 Å². The van der Waals surface area contributed by atoms with Gasteiger partial charge in [-0.3, -0.25) is 0 Å². The van der Waals surface area contributed by atoms with Gasteiger partial charge in [0.05, 0.1) is 35.7 Å². The summed E-state index contributed by atoms with van der Waals surface area (Å²) in [7, 11) is 0. The van der Waals surface area contributed by atoms with Crippen molar-refractivity contribution in [2.45, 2.75) is 45.1 Å². The van der Waals surface area contributed by atoms with Gasteiger partial charge in [-0.15, -0.1) is 0 Å². The molecule has 0 unspecified atom stereocenters. The van der Waals surface area contributed by atoms with Crippen molar-refractivity contribution in [3.63, 3.8) is 0 Å². The molecule has 6 nitrogen and oxygen atoms in total. The number of carbonyl (C=O) groups is 1. The second kappa shape index (κ2) is 7.84. The van der Waals surface area contributed by atoms with E-state index in [-0.39, 0.29) is 6.10 Å². The highest BCUT2D eigenvalue weighted by molar-refractivity contribution is 5.88. The zero-order chi connectivity index (χ0) is 17.6. The van der Waals surface area contributed by atoms with Crippen molar-refractivity contribution in [1.29, 1.82) is 5.26 Å². The molecule has 0 bridgehead atoms. The van der Waals surface area contributed by atoms with Crippen LogP contribution in [0.25, 0.3) is 5.69 Å². The maximum atomic E-state index is 11.7.